The van der Waals surface area contributed by atoms with Crippen LogP contribution in [0.1, 0.15) is 0 Å². The number of carbonyl (C=O) groups excluding carboxylic acids is 1. The normalized spacial score (nSPS) is 9.21. The molecular weight excluding hydrogens is 204 g/mol. The monoisotopic (exact) mass is 214 g/mol. The van der Waals surface area contributed by atoms with Crippen molar-refractivity contribution in [2.24, 2.45) is 0 Å². The Morgan fingerprint density at radius 2 is 2.14 bits per heavy atom. The second kappa shape index (κ2) is 6.04. The third-order valence-electron chi connectivity index (χ3n) is 1.38. The zero-order valence-electron chi connectivity index (χ0n) is 7.46. The van der Waals surface area contributed by atoms with Crippen LogP contribution >= 0.6 is 11.6 Å². The minimum atomic E-state index is -0.317. The van der Waals surface area contributed by atoms with E-state index in [-0.39, 0.29) is 6.03 Å². The molecule has 1 aromatic rings. The van der Waals surface area contributed by atoms with Crippen LogP contribution in [0, 0.1) is 0 Å². The predicted molar refractivity (Wildman–Crippen MR) is 55.1 cm³/mol. The Hall–Kier alpha value is -1.49. The van der Waals surface area contributed by atoms with Gasteiger partial charge in [0.05, 0.1) is 5.69 Å². The highest BCUT2D eigenvalue weighted by Gasteiger charge is 1.96. The molecule has 0 aliphatic heterocycles. The third-order valence-corrected chi connectivity index (χ3v) is 1.57. The number of halogens is 1. The van der Waals surface area contributed by atoms with E-state index in [9.17, 15) is 4.79 Å². The van der Waals surface area contributed by atoms with Crippen LogP contribution in [0.15, 0.2) is 24.5 Å². The topological polar surface area (TPSA) is 66.1 Å². The molecule has 1 rings (SSSR count). The molecular formula is C8H11ClN4O. The lowest BCUT2D eigenvalue weighted by Gasteiger charge is -2.08. The molecule has 3 N–H and O–H groups in total. The van der Waals surface area contributed by atoms with Gasteiger partial charge in [-0.25, -0.2) is 4.79 Å². The molecule has 0 fully saturated rings. The molecule has 6 heteroatoms. The molecule has 0 saturated heterocycles. The van der Waals surface area contributed by atoms with E-state index in [1.165, 1.54) is 0 Å². The Morgan fingerprint density at radius 3 is 2.79 bits per heavy atom. The van der Waals surface area contributed by atoms with Crippen LogP contribution < -0.4 is 16.2 Å². The highest BCUT2D eigenvalue weighted by Crippen LogP contribution is 1.99. The number of hydrogen-bond donors (Lipinski definition) is 3. The molecule has 0 atom stereocenters. The summed E-state index contributed by atoms with van der Waals surface area (Å²) in [5.74, 6) is 0.392. The Balaban J connectivity index is 2.24. The van der Waals surface area contributed by atoms with Crippen molar-refractivity contribution >= 4 is 23.3 Å². The molecule has 0 radical (unpaired) electrons. The molecule has 0 unspecified atom stereocenters. The number of hydrogen-bond acceptors (Lipinski definition) is 3. The summed E-state index contributed by atoms with van der Waals surface area (Å²) < 4.78 is 0. The SMILES string of the molecule is O=C(NCCCl)NNc1ccncc1. The number of rotatable bonds is 4. The lowest BCUT2D eigenvalue weighted by molar-refractivity contribution is 0.243. The summed E-state index contributed by atoms with van der Waals surface area (Å²) in [5, 5.41) is 2.54. The highest BCUT2D eigenvalue weighted by molar-refractivity contribution is 6.18. The Kier molecular flexibility index (Phi) is 4.57. The summed E-state index contributed by atoms with van der Waals surface area (Å²) in [6, 6.07) is 3.16. The fourth-order valence-electron chi connectivity index (χ4n) is 0.769. The zero-order valence-corrected chi connectivity index (χ0v) is 8.21. The van der Waals surface area contributed by atoms with E-state index >= 15 is 0 Å². The lowest BCUT2D eigenvalue weighted by atomic mass is 10.4. The first kappa shape index (κ1) is 10.6. The molecule has 0 aliphatic carbocycles. The maximum atomic E-state index is 11.0. The summed E-state index contributed by atoms with van der Waals surface area (Å²) in [6.07, 6.45) is 3.25. The van der Waals surface area contributed by atoms with Crippen molar-refractivity contribution in [3.63, 3.8) is 0 Å². The van der Waals surface area contributed by atoms with Gasteiger partial charge in [-0.3, -0.25) is 15.8 Å². The number of alkyl halides is 1. The number of anilines is 1. The van der Waals surface area contributed by atoms with E-state index < -0.39 is 0 Å². The quantitative estimate of drug-likeness (QED) is 0.517. The van der Waals surface area contributed by atoms with Crippen molar-refractivity contribution in [1.29, 1.82) is 0 Å². The van der Waals surface area contributed by atoms with Crippen LogP contribution in [-0.2, 0) is 0 Å². The van der Waals surface area contributed by atoms with Gasteiger partial charge < -0.3 is 5.32 Å². The largest absolute Gasteiger partial charge is 0.336 e. The molecule has 1 aromatic heterocycles. The number of amides is 2. The van der Waals surface area contributed by atoms with Gasteiger partial charge in [0.15, 0.2) is 0 Å². The first-order valence-corrected chi connectivity index (χ1v) is 4.62. The van der Waals surface area contributed by atoms with Crippen LogP contribution in [0.2, 0.25) is 0 Å². The highest BCUT2D eigenvalue weighted by atomic mass is 35.5. The number of hydrazine groups is 1. The smallest absolute Gasteiger partial charge is 0.333 e. The Bertz CT molecular complexity index is 280. The van der Waals surface area contributed by atoms with Crippen LogP contribution in [0.25, 0.3) is 0 Å². The molecule has 5 nitrogen and oxygen atoms in total. The first-order chi connectivity index (χ1) is 6.83. The maximum Gasteiger partial charge on any atom is 0.333 e. The summed E-state index contributed by atoms with van der Waals surface area (Å²) in [5.41, 5.74) is 5.92. The fraction of sp³-hybridized carbons (Fsp3) is 0.250. The lowest BCUT2D eigenvalue weighted by Crippen LogP contribution is -2.39. The second-order valence-electron chi connectivity index (χ2n) is 2.43. The van der Waals surface area contributed by atoms with Crippen LogP contribution in [0.5, 0.6) is 0 Å². The third kappa shape index (κ3) is 3.95. The minimum Gasteiger partial charge on any atom is -0.336 e. The fourth-order valence-corrected chi connectivity index (χ4v) is 0.864. The molecule has 0 aromatic carbocycles. The number of aromatic nitrogens is 1. The zero-order chi connectivity index (χ0) is 10.2. The van der Waals surface area contributed by atoms with Gasteiger partial charge in [-0.1, -0.05) is 0 Å². The van der Waals surface area contributed by atoms with E-state index in [0.29, 0.717) is 12.4 Å². The van der Waals surface area contributed by atoms with Crippen LogP contribution in [0.4, 0.5) is 10.5 Å². The molecule has 0 aliphatic rings. The molecule has 2 amide bonds. The van der Waals surface area contributed by atoms with Gasteiger partial charge in [0.2, 0.25) is 0 Å². The Labute approximate surface area is 86.8 Å². The van der Waals surface area contributed by atoms with Gasteiger partial charge in [-0.05, 0) is 12.1 Å². The van der Waals surface area contributed by atoms with E-state index in [1.54, 1.807) is 24.5 Å². The van der Waals surface area contributed by atoms with Crippen molar-refractivity contribution in [2.75, 3.05) is 17.9 Å². The van der Waals surface area contributed by atoms with Crippen molar-refractivity contribution in [1.82, 2.24) is 15.7 Å². The van der Waals surface area contributed by atoms with E-state index in [1.807, 2.05) is 0 Å². The van der Waals surface area contributed by atoms with Gasteiger partial charge in [-0.2, -0.15) is 0 Å². The minimum absolute atomic E-state index is 0.317. The molecule has 0 spiro atoms. The van der Waals surface area contributed by atoms with Gasteiger partial charge in [-0.15, -0.1) is 11.6 Å². The number of pyridine rings is 1. The number of nitrogens with one attached hydrogen (secondary N) is 3. The van der Waals surface area contributed by atoms with Crippen molar-refractivity contribution in [3.05, 3.63) is 24.5 Å². The average Bonchev–Trinajstić information content (AvgIpc) is 2.25. The number of carbonyl (C=O) groups is 1. The summed E-state index contributed by atoms with van der Waals surface area (Å²) in [6.45, 7) is 0.436. The Morgan fingerprint density at radius 1 is 1.43 bits per heavy atom. The molecule has 0 bridgehead atoms. The first-order valence-electron chi connectivity index (χ1n) is 4.09. The van der Waals surface area contributed by atoms with Gasteiger partial charge in [0.1, 0.15) is 0 Å². The van der Waals surface area contributed by atoms with Crippen LogP contribution in [0.3, 0.4) is 0 Å². The molecule has 0 saturated carbocycles. The van der Waals surface area contributed by atoms with Crippen molar-refractivity contribution < 1.29 is 4.79 Å². The van der Waals surface area contributed by atoms with Crippen LogP contribution in [-0.4, -0.2) is 23.4 Å². The summed E-state index contributed by atoms with van der Waals surface area (Å²) >= 11 is 5.39. The summed E-state index contributed by atoms with van der Waals surface area (Å²) in [7, 11) is 0. The number of urea groups is 1. The molecule has 76 valence electrons. The maximum absolute atomic E-state index is 11.0. The van der Waals surface area contributed by atoms with Gasteiger partial charge in [0, 0.05) is 24.8 Å². The summed E-state index contributed by atoms with van der Waals surface area (Å²) in [4.78, 5) is 14.9. The second-order valence-corrected chi connectivity index (χ2v) is 2.81. The average molecular weight is 215 g/mol. The molecule has 1 heterocycles. The predicted octanol–water partition coefficient (Wildman–Crippen LogP) is 0.947. The van der Waals surface area contributed by atoms with Gasteiger partial charge >= 0.3 is 6.03 Å². The molecule has 14 heavy (non-hydrogen) atoms. The standard InChI is InChI=1S/C8H11ClN4O/c9-3-6-11-8(14)13-12-7-1-4-10-5-2-7/h1-2,4-5H,3,6H2,(H,10,12)(H2,11,13,14). The number of nitrogens with zero attached hydrogens (tertiary/aromatic N) is 1. The van der Waals surface area contributed by atoms with Crippen molar-refractivity contribution in [2.45, 2.75) is 0 Å². The van der Waals surface area contributed by atoms with Crippen molar-refractivity contribution in [3.8, 4) is 0 Å². The van der Waals surface area contributed by atoms with E-state index in [0.717, 1.165) is 5.69 Å². The van der Waals surface area contributed by atoms with E-state index in [4.69, 9.17) is 11.6 Å². The van der Waals surface area contributed by atoms with E-state index in [2.05, 4.69) is 21.2 Å². The van der Waals surface area contributed by atoms with Gasteiger partial charge in [0.25, 0.3) is 0 Å².